The van der Waals surface area contributed by atoms with E-state index in [4.69, 9.17) is 9.47 Å². The number of hydrogen-bond acceptors (Lipinski definition) is 4. The average Bonchev–Trinajstić information content (AvgIpc) is 2.73. The van der Waals surface area contributed by atoms with Crippen molar-refractivity contribution in [3.05, 3.63) is 53.8 Å². The number of benzene rings is 2. The van der Waals surface area contributed by atoms with Crippen molar-refractivity contribution >= 4 is 5.91 Å². The molecule has 3 rings (SSSR count). The van der Waals surface area contributed by atoms with Crippen molar-refractivity contribution in [3.8, 4) is 16.9 Å². The molecule has 0 aliphatic carbocycles. The number of amides is 1. The van der Waals surface area contributed by atoms with E-state index in [0.717, 1.165) is 37.2 Å². The molecule has 0 atom stereocenters. The lowest BCUT2D eigenvalue weighted by atomic mass is 9.79. The summed E-state index contributed by atoms with van der Waals surface area (Å²) in [4.78, 5) is 12.6. The molecule has 28 heavy (non-hydrogen) atoms. The molecule has 1 aliphatic rings. The highest BCUT2D eigenvalue weighted by Gasteiger charge is 2.32. The summed E-state index contributed by atoms with van der Waals surface area (Å²) < 4.78 is 25.1. The predicted octanol–water partition coefficient (Wildman–Crippen LogP) is 3.25. The fourth-order valence-electron chi connectivity index (χ4n) is 3.66. The molecule has 0 aromatic heterocycles. The van der Waals surface area contributed by atoms with E-state index in [9.17, 15) is 9.18 Å². The van der Waals surface area contributed by atoms with Crippen molar-refractivity contribution in [1.82, 2.24) is 10.6 Å². The zero-order valence-corrected chi connectivity index (χ0v) is 16.4. The molecule has 0 bridgehead atoms. The number of ether oxygens (including phenoxy) is 2. The van der Waals surface area contributed by atoms with Gasteiger partial charge in [0.05, 0.1) is 19.3 Å². The summed E-state index contributed by atoms with van der Waals surface area (Å²) in [5.74, 6) is -0.187. The molecule has 0 unspecified atom stereocenters. The second-order valence-corrected chi connectivity index (χ2v) is 7.29. The van der Waals surface area contributed by atoms with E-state index in [1.807, 2.05) is 24.3 Å². The van der Waals surface area contributed by atoms with Crippen molar-refractivity contribution in [3.63, 3.8) is 0 Å². The van der Waals surface area contributed by atoms with Crippen LogP contribution < -0.4 is 15.4 Å². The van der Waals surface area contributed by atoms with Gasteiger partial charge in [-0.3, -0.25) is 4.79 Å². The number of carbonyl (C=O) groups excluding carboxylic acids is 1. The lowest BCUT2D eigenvalue weighted by molar-refractivity contribution is 0.0511. The topological polar surface area (TPSA) is 59.6 Å². The van der Waals surface area contributed by atoms with Crippen molar-refractivity contribution in [1.29, 1.82) is 0 Å². The van der Waals surface area contributed by atoms with Crippen LogP contribution in [-0.4, -0.2) is 46.4 Å². The highest BCUT2D eigenvalue weighted by atomic mass is 19.1. The van der Waals surface area contributed by atoms with Crippen LogP contribution in [0.5, 0.6) is 5.75 Å². The third-order valence-corrected chi connectivity index (χ3v) is 5.38. The Bertz CT molecular complexity index is 796. The molecule has 2 aromatic rings. The number of nitrogens with one attached hydrogen (secondary N) is 2. The third-order valence-electron chi connectivity index (χ3n) is 5.38. The van der Waals surface area contributed by atoms with Gasteiger partial charge in [-0.2, -0.15) is 0 Å². The number of hydrogen-bond donors (Lipinski definition) is 2. The van der Waals surface area contributed by atoms with Gasteiger partial charge in [-0.1, -0.05) is 18.2 Å². The van der Waals surface area contributed by atoms with Gasteiger partial charge in [0.15, 0.2) is 0 Å². The molecule has 0 saturated carbocycles. The first-order valence-corrected chi connectivity index (χ1v) is 9.49. The Balaban J connectivity index is 1.69. The fourth-order valence-corrected chi connectivity index (χ4v) is 3.66. The van der Waals surface area contributed by atoms with E-state index in [2.05, 4.69) is 10.6 Å². The lowest BCUT2D eigenvalue weighted by Gasteiger charge is -2.37. The van der Waals surface area contributed by atoms with Gasteiger partial charge in [0, 0.05) is 19.1 Å². The largest absolute Gasteiger partial charge is 0.497 e. The molecule has 6 heteroatoms. The first-order chi connectivity index (χ1) is 13.6. The van der Waals surface area contributed by atoms with Crippen molar-refractivity contribution in [2.24, 2.45) is 5.41 Å². The number of methoxy groups -OCH3 is 2. The first kappa shape index (κ1) is 20.3. The summed E-state index contributed by atoms with van der Waals surface area (Å²) in [6.07, 6.45) is 1.83. The Morgan fingerprint density at radius 1 is 1.11 bits per heavy atom. The Kier molecular flexibility index (Phi) is 6.65. The van der Waals surface area contributed by atoms with Crippen molar-refractivity contribution < 1.29 is 18.7 Å². The highest BCUT2D eigenvalue weighted by Crippen LogP contribution is 2.29. The van der Waals surface area contributed by atoms with E-state index in [1.54, 1.807) is 20.3 Å². The molecule has 2 N–H and O–H groups in total. The maximum atomic E-state index is 14.6. The summed E-state index contributed by atoms with van der Waals surface area (Å²) in [5.41, 5.74) is 1.53. The molecule has 150 valence electrons. The normalized spacial score (nSPS) is 15.8. The average molecular weight is 386 g/mol. The van der Waals surface area contributed by atoms with Crippen LogP contribution in [0, 0.1) is 11.2 Å². The number of carbonyl (C=O) groups is 1. The Hall–Kier alpha value is -2.44. The monoisotopic (exact) mass is 386 g/mol. The van der Waals surface area contributed by atoms with E-state index in [-0.39, 0.29) is 11.0 Å². The van der Waals surface area contributed by atoms with E-state index >= 15 is 0 Å². The van der Waals surface area contributed by atoms with Crippen LogP contribution in [0.15, 0.2) is 42.5 Å². The van der Waals surface area contributed by atoms with Gasteiger partial charge in [-0.25, -0.2) is 4.39 Å². The molecule has 1 fully saturated rings. The van der Waals surface area contributed by atoms with Crippen LogP contribution in [0.1, 0.15) is 23.2 Å². The Labute approximate surface area is 165 Å². The van der Waals surface area contributed by atoms with E-state index in [1.165, 1.54) is 12.1 Å². The first-order valence-electron chi connectivity index (χ1n) is 9.49. The fraction of sp³-hybridized carbons (Fsp3) is 0.409. The van der Waals surface area contributed by atoms with Gasteiger partial charge in [0.25, 0.3) is 5.91 Å². The Morgan fingerprint density at radius 2 is 1.79 bits per heavy atom. The lowest BCUT2D eigenvalue weighted by Crippen LogP contribution is -2.47. The molecule has 2 aromatic carbocycles. The van der Waals surface area contributed by atoms with Crippen LogP contribution >= 0.6 is 0 Å². The molecular weight excluding hydrogens is 359 g/mol. The highest BCUT2D eigenvalue weighted by molar-refractivity contribution is 5.95. The van der Waals surface area contributed by atoms with Crippen LogP contribution in [0.4, 0.5) is 4.39 Å². The number of piperidine rings is 1. The number of rotatable bonds is 7. The second-order valence-electron chi connectivity index (χ2n) is 7.29. The minimum Gasteiger partial charge on any atom is -0.497 e. The predicted molar refractivity (Wildman–Crippen MR) is 107 cm³/mol. The maximum Gasteiger partial charge on any atom is 0.254 e. The third kappa shape index (κ3) is 4.69. The smallest absolute Gasteiger partial charge is 0.254 e. The summed E-state index contributed by atoms with van der Waals surface area (Å²) in [7, 11) is 3.27. The molecule has 0 spiro atoms. The molecular formula is C22H27FN2O3. The molecule has 1 aliphatic heterocycles. The zero-order valence-electron chi connectivity index (χ0n) is 16.4. The van der Waals surface area contributed by atoms with Gasteiger partial charge in [0.1, 0.15) is 11.6 Å². The van der Waals surface area contributed by atoms with Crippen LogP contribution in [0.2, 0.25) is 0 Å². The minimum absolute atomic E-state index is 0.0544. The molecule has 0 radical (unpaired) electrons. The van der Waals surface area contributed by atoms with Gasteiger partial charge >= 0.3 is 0 Å². The zero-order chi connectivity index (χ0) is 20.0. The minimum atomic E-state index is -0.531. The summed E-state index contributed by atoms with van der Waals surface area (Å²) in [5, 5.41) is 6.23. The van der Waals surface area contributed by atoms with Gasteiger partial charge in [-0.15, -0.1) is 0 Å². The quantitative estimate of drug-likeness (QED) is 0.767. The number of halogens is 1. The molecule has 1 saturated heterocycles. The van der Waals surface area contributed by atoms with Crippen LogP contribution in [0.25, 0.3) is 11.1 Å². The van der Waals surface area contributed by atoms with Crippen LogP contribution in [-0.2, 0) is 4.74 Å². The summed E-state index contributed by atoms with van der Waals surface area (Å²) in [6.45, 7) is 2.84. The Morgan fingerprint density at radius 3 is 2.39 bits per heavy atom. The standard InChI is InChI=1S/C22H27FN2O3/c1-27-15-22(9-11-24-12-10-22)14-25-21(26)19-8-5-17(13-20(19)23)16-3-6-18(28-2)7-4-16/h3-8,13,24H,9-12,14-15H2,1-2H3,(H,25,26). The van der Waals surface area contributed by atoms with Gasteiger partial charge < -0.3 is 20.1 Å². The maximum absolute atomic E-state index is 14.6. The van der Waals surface area contributed by atoms with Crippen LogP contribution in [0.3, 0.4) is 0 Å². The van der Waals surface area contributed by atoms with Crippen molar-refractivity contribution in [2.75, 3.05) is 40.5 Å². The van der Waals surface area contributed by atoms with E-state index in [0.29, 0.717) is 18.7 Å². The van der Waals surface area contributed by atoms with Crippen molar-refractivity contribution in [2.45, 2.75) is 12.8 Å². The SMILES string of the molecule is COCC1(CNC(=O)c2ccc(-c3ccc(OC)cc3)cc2F)CCNCC1. The molecule has 1 amide bonds. The summed E-state index contributed by atoms with van der Waals surface area (Å²) >= 11 is 0. The molecule has 5 nitrogen and oxygen atoms in total. The van der Waals surface area contributed by atoms with E-state index < -0.39 is 11.7 Å². The molecule has 1 heterocycles. The van der Waals surface area contributed by atoms with Gasteiger partial charge in [0.2, 0.25) is 0 Å². The van der Waals surface area contributed by atoms with Gasteiger partial charge in [-0.05, 0) is 61.3 Å². The summed E-state index contributed by atoms with van der Waals surface area (Å²) in [6, 6.07) is 12.1. The second kappa shape index (κ2) is 9.17.